The van der Waals surface area contributed by atoms with Crippen LogP contribution in [0.3, 0.4) is 0 Å². The second-order valence-corrected chi connectivity index (χ2v) is 4.83. The minimum Gasteiger partial charge on any atom is -0.508 e. The smallest absolute Gasteiger partial charge is 0.326 e. The molecular formula is C13H16N2O3. The number of fused-ring (bicyclic) bond motifs is 1. The maximum absolute atomic E-state index is 11.9. The van der Waals surface area contributed by atoms with Crippen molar-refractivity contribution in [2.75, 3.05) is 13.2 Å². The van der Waals surface area contributed by atoms with Crippen LogP contribution in [0.2, 0.25) is 0 Å². The maximum atomic E-state index is 11.9. The van der Waals surface area contributed by atoms with Crippen LogP contribution in [-0.4, -0.2) is 27.9 Å². The van der Waals surface area contributed by atoms with Crippen molar-refractivity contribution >= 4 is 11.0 Å². The molecule has 1 aromatic carbocycles. The van der Waals surface area contributed by atoms with E-state index in [1.807, 2.05) is 0 Å². The van der Waals surface area contributed by atoms with Crippen LogP contribution in [0, 0.1) is 5.92 Å². The number of aromatic amines is 1. The summed E-state index contributed by atoms with van der Waals surface area (Å²) in [4.78, 5) is 14.7. The molecule has 0 spiro atoms. The number of rotatable bonds is 2. The number of imidazole rings is 1. The van der Waals surface area contributed by atoms with Gasteiger partial charge in [-0.3, -0.25) is 4.57 Å². The van der Waals surface area contributed by atoms with Gasteiger partial charge in [0, 0.05) is 25.1 Å². The predicted octanol–water partition coefficient (Wildman–Crippen LogP) is 1.46. The molecule has 1 saturated heterocycles. The van der Waals surface area contributed by atoms with E-state index in [4.69, 9.17) is 4.74 Å². The highest BCUT2D eigenvalue weighted by Crippen LogP contribution is 2.20. The molecule has 1 atom stereocenters. The molecule has 1 aliphatic rings. The van der Waals surface area contributed by atoms with E-state index in [9.17, 15) is 9.90 Å². The zero-order valence-corrected chi connectivity index (χ0v) is 10.1. The van der Waals surface area contributed by atoms with Gasteiger partial charge in [0.25, 0.3) is 0 Å². The molecule has 0 bridgehead atoms. The highest BCUT2D eigenvalue weighted by molar-refractivity contribution is 5.76. The molecule has 96 valence electrons. The molecule has 5 nitrogen and oxygen atoms in total. The van der Waals surface area contributed by atoms with Gasteiger partial charge in [0.2, 0.25) is 0 Å². The van der Waals surface area contributed by atoms with Gasteiger partial charge >= 0.3 is 5.69 Å². The van der Waals surface area contributed by atoms with Crippen LogP contribution in [-0.2, 0) is 11.3 Å². The van der Waals surface area contributed by atoms with Crippen molar-refractivity contribution in [2.24, 2.45) is 5.92 Å². The summed E-state index contributed by atoms with van der Waals surface area (Å²) < 4.78 is 7.17. The van der Waals surface area contributed by atoms with E-state index in [0.717, 1.165) is 31.6 Å². The maximum Gasteiger partial charge on any atom is 0.326 e. The van der Waals surface area contributed by atoms with Gasteiger partial charge in [-0.05, 0) is 25.0 Å². The molecule has 0 radical (unpaired) electrons. The Labute approximate surface area is 104 Å². The average Bonchev–Trinajstić information content (AvgIpc) is 2.66. The van der Waals surface area contributed by atoms with Crippen molar-refractivity contribution in [1.29, 1.82) is 0 Å². The third kappa shape index (κ3) is 2.01. The summed E-state index contributed by atoms with van der Waals surface area (Å²) in [6, 6.07) is 4.94. The number of phenols is 1. The quantitative estimate of drug-likeness (QED) is 0.845. The number of benzene rings is 1. The van der Waals surface area contributed by atoms with E-state index in [1.54, 1.807) is 22.8 Å². The Morgan fingerprint density at radius 2 is 2.39 bits per heavy atom. The van der Waals surface area contributed by atoms with Gasteiger partial charge in [0.05, 0.1) is 17.6 Å². The van der Waals surface area contributed by atoms with Crippen LogP contribution in [0.1, 0.15) is 12.8 Å². The third-order valence-corrected chi connectivity index (χ3v) is 3.45. The Morgan fingerprint density at radius 3 is 3.17 bits per heavy atom. The average molecular weight is 248 g/mol. The van der Waals surface area contributed by atoms with Gasteiger partial charge in [-0.25, -0.2) is 4.79 Å². The molecule has 0 amide bonds. The topological polar surface area (TPSA) is 67.2 Å². The number of H-pyrrole nitrogens is 1. The zero-order valence-electron chi connectivity index (χ0n) is 10.1. The number of aromatic nitrogens is 2. The van der Waals surface area contributed by atoms with E-state index < -0.39 is 0 Å². The number of nitrogens with one attached hydrogen (secondary N) is 1. The lowest BCUT2D eigenvalue weighted by Gasteiger charge is -2.22. The molecule has 2 N–H and O–H groups in total. The molecule has 18 heavy (non-hydrogen) atoms. The van der Waals surface area contributed by atoms with Crippen molar-refractivity contribution in [2.45, 2.75) is 19.4 Å². The van der Waals surface area contributed by atoms with Crippen LogP contribution in [0.4, 0.5) is 0 Å². The molecule has 2 heterocycles. The van der Waals surface area contributed by atoms with Crippen molar-refractivity contribution in [3.05, 3.63) is 28.7 Å². The second kappa shape index (κ2) is 4.49. The number of hydrogen-bond donors (Lipinski definition) is 2. The Morgan fingerprint density at radius 1 is 1.50 bits per heavy atom. The first-order valence-corrected chi connectivity index (χ1v) is 6.23. The Balaban J connectivity index is 1.95. The summed E-state index contributed by atoms with van der Waals surface area (Å²) in [7, 11) is 0. The Hall–Kier alpha value is -1.75. The van der Waals surface area contributed by atoms with Crippen LogP contribution in [0.15, 0.2) is 23.0 Å². The first-order chi connectivity index (χ1) is 8.74. The van der Waals surface area contributed by atoms with Crippen molar-refractivity contribution in [3.8, 4) is 5.75 Å². The van der Waals surface area contributed by atoms with Gasteiger partial charge in [-0.15, -0.1) is 0 Å². The number of phenolic OH excluding ortho intramolecular Hbond substituents is 1. The summed E-state index contributed by atoms with van der Waals surface area (Å²) in [5, 5.41) is 9.40. The fourth-order valence-corrected chi connectivity index (χ4v) is 2.54. The SMILES string of the molecule is O=c1[nH]c2cc(O)ccc2n1CC1CCCOC1. The summed E-state index contributed by atoms with van der Waals surface area (Å²) in [6.45, 7) is 2.22. The lowest BCUT2D eigenvalue weighted by molar-refractivity contribution is 0.0484. The fourth-order valence-electron chi connectivity index (χ4n) is 2.54. The lowest BCUT2D eigenvalue weighted by atomic mass is 10.0. The van der Waals surface area contributed by atoms with Crippen molar-refractivity contribution in [1.82, 2.24) is 9.55 Å². The monoisotopic (exact) mass is 248 g/mol. The number of nitrogens with zero attached hydrogens (tertiary/aromatic N) is 1. The number of aromatic hydroxyl groups is 1. The molecule has 2 aromatic rings. The van der Waals surface area contributed by atoms with Crippen LogP contribution in [0.5, 0.6) is 5.75 Å². The van der Waals surface area contributed by atoms with E-state index in [2.05, 4.69) is 4.98 Å². The summed E-state index contributed by atoms with van der Waals surface area (Å²) in [5.74, 6) is 0.557. The van der Waals surface area contributed by atoms with Crippen LogP contribution in [0.25, 0.3) is 11.0 Å². The van der Waals surface area contributed by atoms with E-state index in [-0.39, 0.29) is 11.4 Å². The van der Waals surface area contributed by atoms with Gasteiger partial charge in [-0.2, -0.15) is 0 Å². The van der Waals surface area contributed by atoms with E-state index in [1.165, 1.54) is 0 Å². The summed E-state index contributed by atoms with van der Waals surface area (Å²) in [6.07, 6.45) is 2.15. The first-order valence-electron chi connectivity index (χ1n) is 6.23. The molecule has 0 saturated carbocycles. The van der Waals surface area contributed by atoms with Crippen LogP contribution >= 0.6 is 0 Å². The predicted molar refractivity (Wildman–Crippen MR) is 67.8 cm³/mol. The standard InChI is InChI=1S/C13H16N2O3/c16-10-3-4-12-11(6-10)14-13(17)15(12)7-9-2-1-5-18-8-9/h3-4,6,9,16H,1-2,5,7-8H2,(H,14,17). The highest BCUT2D eigenvalue weighted by Gasteiger charge is 2.17. The third-order valence-electron chi connectivity index (χ3n) is 3.45. The van der Waals surface area contributed by atoms with Crippen LogP contribution < -0.4 is 5.69 Å². The minimum absolute atomic E-state index is 0.124. The van der Waals surface area contributed by atoms with Gasteiger partial charge < -0.3 is 14.8 Å². The Bertz CT molecular complexity index is 608. The summed E-state index contributed by atoms with van der Waals surface area (Å²) >= 11 is 0. The molecule has 1 aliphatic heterocycles. The zero-order chi connectivity index (χ0) is 12.5. The normalized spacial score (nSPS) is 20.3. The summed E-state index contributed by atoms with van der Waals surface area (Å²) in [5.41, 5.74) is 1.39. The molecule has 3 rings (SSSR count). The van der Waals surface area contributed by atoms with Gasteiger partial charge in [0.15, 0.2) is 0 Å². The fraction of sp³-hybridized carbons (Fsp3) is 0.462. The van der Waals surface area contributed by atoms with Gasteiger partial charge in [0.1, 0.15) is 5.75 Å². The molecule has 1 aromatic heterocycles. The number of ether oxygens (including phenoxy) is 1. The largest absolute Gasteiger partial charge is 0.508 e. The number of hydrogen-bond acceptors (Lipinski definition) is 3. The lowest BCUT2D eigenvalue weighted by Crippen LogP contribution is -2.27. The van der Waals surface area contributed by atoms with Gasteiger partial charge in [-0.1, -0.05) is 0 Å². The molecule has 5 heteroatoms. The second-order valence-electron chi connectivity index (χ2n) is 4.83. The molecule has 0 aliphatic carbocycles. The van der Waals surface area contributed by atoms with E-state index >= 15 is 0 Å². The van der Waals surface area contributed by atoms with Crippen molar-refractivity contribution < 1.29 is 9.84 Å². The highest BCUT2D eigenvalue weighted by atomic mass is 16.5. The van der Waals surface area contributed by atoms with E-state index in [0.29, 0.717) is 18.0 Å². The molecule has 1 fully saturated rings. The minimum atomic E-state index is -0.124. The molecule has 1 unspecified atom stereocenters. The Kier molecular flexibility index (Phi) is 2.83. The van der Waals surface area contributed by atoms with Crippen molar-refractivity contribution in [3.63, 3.8) is 0 Å². The first kappa shape index (κ1) is 11.3. The molecular weight excluding hydrogens is 232 g/mol.